The van der Waals surface area contributed by atoms with E-state index in [9.17, 15) is 14.4 Å². The number of nitrogens with one attached hydrogen (secondary N) is 2. The highest BCUT2D eigenvalue weighted by Crippen LogP contribution is 2.18. The summed E-state index contributed by atoms with van der Waals surface area (Å²) in [4.78, 5) is 33.0. The van der Waals surface area contributed by atoms with Crippen molar-refractivity contribution in [3.8, 4) is 0 Å². The average Bonchev–Trinajstić information content (AvgIpc) is 2.81. The van der Waals surface area contributed by atoms with Crippen molar-refractivity contribution in [2.45, 2.75) is 45.1 Å². The summed E-state index contributed by atoms with van der Waals surface area (Å²) in [6.45, 7) is 2.12. The van der Waals surface area contributed by atoms with Crippen molar-refractivity contribution in [2.24, 2.45) is 5.92 Å². The fourth-order valence-corrected chi connectivity index (χ4v) is 2.12. The van der Waals surface area contributed by atoms with Crippen molar-refractivity contribution in [1.29, 1.82) is 0 Å². The van der Waals surface area contributed by atoms with Crippen molar-refractivity contribution in [1.82, 2.24) is 10.6 Å². The van der Waals surface area contributed by atoms with Crippen molar-refractivity contribution in [3.63, 3.8) is 0 Å². The number of rotatable bonds is 8. The minimum Gasteiger partial charge on any atom is -0.481 e. The quantitative estimate of drug-likeness (QED) is 0.454. The van der Waals surface area contributed by atoms with Gasteiger partial charge in [-0.3, -0.25) is 14.4 Å². The Morgan fingerprint density at radius 3 is 2.55 bits per heavy atom. The summed E-state index contributed by atoms with van der Waals surface area (Å²) in [7, 11) is 0. The van der Waals surface area contributed by atoms with Crippen LogP contribution in [0, 0.1) is 5.92 Å². The number of carboxylic acids is 1. The first-order valence-electron chi connectivity index (χ1n) is 6.94. The van der Waals surface area contributed by atoms with E-state index < -0.39 is 11.9 Å². The second-order valence-corrected chi connectivity index (χ2v) is 5.03. The maximum atomic E-state index is 11.7. The van der Waals surface area contributed by atoms with Crippen LogP contribution in [0.1, 0.15) is 39.0 Å². The molecule has 0 heterocycles. The van der Waals surface area contributed by atoms with Crippen LogP contribution in [0.4, 0.5) is 0 Å². The molecule has 1 aliphatic rings. The predicted molar refractivity (Wildman–Crippen MR) is 74.0 cm³/mol. The van der Waals surface area contributed by atoms with Crippen LogP contribution in [0.5, 0.6) is 0 Å². The van der Waals surface area contributed by atoms with Gasteiger partial charge in [0.2, 0.25) is 11.8 Å². The SMILES string of the molecule is CC(=O)NCCCCCC(=O)NC1C=CC(C(=O)O)C1. The van der Waals surface area contributed by atoms with Gasteiger partial charge in [-0.15, -0.1) is 0 Å². The van der Waals surface area contributed by atoms with Gasteiger partial charge in [0.25, 0.3) is 0 Å². The lowest BCUT2D eigenvalue weighted by atomic mass is 10.1. The summed E-state index contributed by atoms with van der Waals surface area (Å²) in [6.07, 6.45) is 6.74. The van der Waals surface area contributed by atoms with Crippen LogP contribution >= 0.6 is 0 Å². The Morgan fingerprint density at radius 2 is 1.95 bits per heavy atom. The average molecular weight is 282 g/mol. The second-order valence-electron chi connectivity index (χ2n) is 5.03. The van der Waals surface area contributed by atoms with E-state index in [4.69, 9.17) is 5.11 Å². The monoisotopic (exact) mass is 282 g/mol. The molecule has 0 radical (unpaired) electrons. The van der Waals surface area contributed by atoms with Crippen LogP contribution in [0.3, 0.4) is 0 Å². The number of carboxylic acid groups (broad SMARTS) is 1. The number of carbonyl (C=O) groups excluding carboxylic acids is 2. The smallest absolute Gasteiger partial charge is 0.310 e. The Morgan fingerprint density at radius 1 is 1.20 bits per heavy atom. The molecule has 0 saturated heterocycles. The summed E-state index contributed by atoms with van der Waals surface area (Å²) in [5.41, 5.74) is 0. The first-order valence-corrected chi connectivity index (χ1v) is 6.94. The molecular weight excluding hydrogens is 260 g/mol. The number of unbranched alkanes of at least 4 members (excludes halogenated alkanes) is 2. The number of carbonyl (C=O) groups is 3. The molecule has 0 aromatic rings. The van der Waals surface area contributed by atoms with Gasteiger partial charge >= 0.3 is 5.97 Å². The fourth-order valence-electron chi connectivity index (χ4n) is 2.12. The highest BCUT2D eigenvalue weighted by Gasteiger charge is 2.24. The summed E-state index contributed by atoms with van der Waals surface area (Å²) in [5, 5.41) is 14.4. The van der Waals surface area contributed by atoms with E-state index >= 15 is 0 Å². The molecule has 0 aliphatic heterocycles. The molecule has 112 valence electrons. The number of hydrogen-bond donors (Lipinski definition) is 3. The topological polar surface area (TPSA) is 95.5 Å². The number of aliphatic carboxylic acids is 1. The Hall–Kier alpha value is -1.85. The first-order chi connectivity index (χ1) is 9.49. The highest BCUT2D eigenvalue weighted by atomic mass is 16.4. The lowest BCUT2D eigenvalue weighted by Gasteiger charge is -2.12. The molecule has 0 aromatic carbocycles. The molecule has 2 atom stereocenters. The zero-order valence-electron chi connectivity index (χ0n) is 11.7. The van der Waals surface area contributed by atoms with Crippen molar-refractivity contribution < 1.29 is 19.5 Å². The van der Waals surface area contributed by atoms with Gasteiger partial charge in [0.15, 0.2) is 0 Å². The van der Waals surface area contributed by atoms with Crippen LogP contribution in [-0.2, 0) is 14.4 Å². The molecule has 0 saturated carbocycles. The largest absolute Gasteiger partial charge is 0.481 e. The molecule has 2 unspecified atom stereocenters. The van der Waals surface area contributed by atoms with Gasteiger partial charge in [-0.25, -0.2) is 0 Å². The lowest BCUT2D eigenvalue weighted by molar-refractivity contribution is -0.140. The third-order valence-corrected chi connectivity index (χ3v) is 3.20. The van der Waals surface area contributed by atoms with Crippen LogP contribution in [0.2, 0.25) is 0 Å². The van der Waals surface area contributed by atoms with E-state index in [2.05, 4.69) is 10.6 Å². The minimum atomic E-state index is -0.851. The van der Waals surface area contributed by atoms with Crippen LogP contribution in [0.15, 0.2) is 12.2 Å². The van der Waals surface area contributed by atoms with Crippen molar-refractivity contribution >= 4 is 17.8 Å². The number of amides is 2. The molecule has 0 spiro atoms. The zero-order valence-corrected chi connectivity index (χ0v) is 11.7. The van der Waals surface area contributed by atoms with Crippen LogP contribution in [-0.4, -0.2) is 35.5 Å². The molecule has 2 amide bonds. The van der Waals surface area contributed by atoms with Gasteiger partial charge in [-0.2, -0.15) is 0 Å². The molecule has 6 nitrogen and oxygen atoms in total. The molecule has 20 heavy (non-hydrogen) atoms. The second kappa shape index (κ2) is 8.35. The number of hydrogen-bond acceptors (Lipinski definition) is 3. The van der Waals surface area contributed by atoms with E-state index in [-0.39, 0.29) is 17.9 Å². The van der Waals surface area contributed by atoms with Gasteiger partial charge in [-0.05, 0) is 19.3 Å². The predicted octanol–water partition coefficient (Wildman–Crippen LogP) is 0.828. The Balaban J connectivity index is 2.05. The van der Waals surface area contributed by atoms with E-state index in [1.54, 1.807) is 12.2 Å². The van der Waals surface area contributed by atoms with Gasteiger partial charge in [-0.1, -0.05) is 18.6 Å². The Labute approximate surface area is 118 Å². The molecule has 0 aromatic heterocycles. The normalized spacial score (nSPS) is 20.6. The van der Waals surface area contributed by atoms with Crippen LogP contribution in [0.25, 0.3) is 0 Å². The third kappa shape index (κ3) is 6.36. The van der Waals surface area contributed by atoms with Gasteiger partial charge in [0.1, 0.15) is 0 Å². The Kier molecular flexibility index (Phi) is 6.76. The third-order valence-electron chi connectivity index (χ3n) is 3.20. The van der Waals surface area contributed by atoms with Gasteiger partial charge in [0, 0.05) is 25.9 Å². The molecular formula is C14H22N2O4. The lowest BCUT2D eigenvalue weighted by Crippen LogP contribution is -2.33. The van der Waals surface area contributed by atoms with Crippen molar-refractivity contribution in [2.75, 3.05) is 6.54 Å². The van der Waals surface area contributed by atoms with Crippen molar-refractivity contribution in [3.05, 3.63) is 12.2 Å². The zero-order chi connectivity index (χ0) is 15.0. The van der Waals surface area contributed by atoms with E-state index in [0.717, 1.165) is 19.3 Å². The summed E-state index contributed by atoms with van der Waals surface area (Å²) >= 11 is 0. The molecule has 1 rings (SSSR count). The van der Waals surface area contributed by atoms with Gasteiger partial charge < -0.3 is 15.7 Å². The maximum absolute atomic E-state index is 11.7. The molecule has 1 aliphatic carbocycles. The maximum Gasteiger partial charge on any atom is 0.310 e. The molecule has 0 bridgehead atoms. The minimum absolute atomic E-state index is 0.0382. The van der Waals surface area contributed by atoms with Gasteiger partial charge in [0.05, 0.1) is 5.92 Å². The first kappa shape index (κ1) is 16.2. The summed E-state index contributed by atoms with van der Waals surface area (Å²) in [6, 6.07) is -0.164. The standard InChI is InChI=1S/C14H22N2O4/c1-10(17)15-8-4-2-3-5-13(18)16-12-7-6-11(9-12)14(19)20/h6-7,11-12H,2-5,8-9H2,1H3,(H,15,17)(H,16,18)(H,19,20). The Bertz CT molecular complexity index is 393. The van der Waals surface area contributed by atoms with E-state index in [0.29, 0.717) is 19.4 Å². The van der Waals surface area contributed by atoms with E-state index in [1.807, 2.05) is 0 Å². The van der Waals surface area contributed by atoms with Crippen LogP contribution < -0.4 is 10.6 Å². The molecule has 3 N–H and O–H groups in total. The summed E-state index contributed by atoms with van der Waals surface area (Å²) in [5.74, 6) is -1.43. The fraction of sp³-hybridized carbons (Fsp3) is 0.643. The summed E-state index contributed by atoms with van der Waals surface area (Å²) < 4.78 is 0. The van der Waals surface area contributed by atoms with E-state index in [1.165, 1.54) is 6.92 Å². The molecule has 6 heteroatoms. The highest BCUT2D eigenvalue weighted by molar-refractivity contribution is 5.77. The molecule has 0 fully saturated rings.